The Balaban J connectivity index is 1.89. The average molecular weight is 340 g/mol. The maximum atomic E-state index is 11.5. The molecule has 0 spiro atoms. The first-order chi connectivity index (χ1) is 10.8. The molecule has 1 saturated heterocycles. The van der Waals surface area contributed by atoms with Crippen LogP contribution in [-0.2, 0) is 9.84 Å². The zero-order valence-electron chi connectivity index (χ0n) is 14.3. The number of piperidine rings is 1. The summed E-state index contributed by atoms with van der Waals surface area (Å²) in [5.74, 6) is 0.651. The van der Waals surface area contributed by atoms with Crippen LogP contribution in [0.4, 0.5) is 0 Å². The van der Waals surface area contributed by atoms with Gasteiger partial charge in [0.05, 0.1) is 11.0 Å². The lowest BCUT2D eigenvalue weighted by Gasteiger charge is -2.33. The summed E-state index contributed by atoms with van der Waals surface area (Å²) in [5.41, 5.74) is 0.755. The first-order valence-corrected chi connectivity index (χ1v) is 10.00. The Labute approximate surface area is 139 Å². The minimum absolute atomic E-state index is 0.284. The molecule has 1 aliphatic rings. The minimum Gasteiger partial charge on any atom is -0.387 e. The summed E-state index contributed by atoms with van der Waals surface area (Å²) in [6.07, 6.45) is 3.07. The van der Waals surface area contributed by atoms with Gasteiger partial charge in [-0.3, -0.25) is 0 Å². The smallest absolute Gasteiger partial charge is 0.175 e. The van der Waals surface area contributed by atoms with Crippen LogP contribution in [0.5, 0.6) is 0 Å². The van der Waals surface area contributed by atoms with Crippen molar-refractivity contribution in [1.82, 2.24) is 9.80 Å². The normalized spacial score (nSPS) is 21.5. The molecular formula is C17H28N2O3S. The molecule has 0 bridgehead atoms. The molecule has 0 amide bonds. The first kappa shape index (κ1) is 18.4. The van der Waals surface area contributed by atoms with Crippen LogP contribution in [0, 0.1) is 5.92 Å². The fourth-order valence-electron chi connectivity index (χ4n) is 3.28. The van der Waals surface area contributed by atoms with Crippen LogP contribution in [0.1, 0.15) is 24.5 Å². The lowest BCUT2D eigenvalue weighted by Crippen LogP contribution is -2.39. The molecule has 0 saturated carbocycles. The summed E-state index contributed by atoms with van der Waals surface area (Å²) >= 11 is 0. The summed E-state index contributed by atoms with van der Waals surface area (Å²) in [5, 5.41) is 10.4. The number of hydrogen-bond acceptors (Lipinski definition) is 5. The number of likely N-dealkylation sites (tertiary alicyclic amines) is 1. The van der Waals surface area contributed by atoms with Crippen molar-refractivity contribution >= 4 is 9.84 Å². The fraction of sp³-hybridized carbons (Fsp3) is 0.647. The monoisotopic (exact) mass is 340 g/mol. The van der Waals surface area contributed by atoms with E-state index < -0.39 is 15.9 Å². The van der Waals surface area contributed by atoms with Gasteiger partial charge in [0.25, 0.3) is 0 Å². The van der Waals surface area contributed by atoms with Crippen LogP contribution >= 0.6 is 0 Å². The van der Waals surface area contributed by atoms with Crippen LogP contribution in [0.25, 0.3) is 0 Å². The van der Waals surface area contributed by atoms with Crippen molar-refractivity contribution in [3.63, 3.8) is 0 Å². The molecule has 0 aliphatic carbocycles. The van der Waals surface area contributed by atoms with Crippen molar-refractivity contribution in [3.05, 3.63) is 29.8 Å². The van der Waals surface area contributed by atoms with Crippen LogP contribution in [0.15, 0.2) is 29.2 Å². The van der Waals surface area contributed by atoms with E-state index in [0.717, 1.165) is 18.7 Å². The highest BCUT2D eigenvalue weighted by Gasteiger charge is 2.20. The van der Waals surface area contributed by atoms with E-state index in [0.29, 0.717) is 12.5 Å². The van der Waals surface area contributed by atoms with Crippen LogP contribution in [-0.4, -0.2) is 69.9 Å². The largest absolute Gasteiger partial charge is 0.387 e. The molecule has 6 heteroatoms. The van der Waals surface area contributed by atoms with Gasteiger partial charge in [0, 0.05) is 25.9 Å². The predicted octanol–water partition coefficient (Wildman–Crippen LogP) is 1.40. The van der Waals surface area contributed by atoms with E-state index in [4.69, 9.17) is 0 Å². The van der Waals surface area contributed by atoms with E-state index in [1.54, 1.807) is 24.3 Å². The van der Waals surface area contributed by atoms with Crippen LogP contribution < -0.4 is 0 Å². The fourth-order valence-corrected chi connectivity index (χ4v) is 3.91. The van der Waals surface area contributed by atoms with Crippen molar-refractivity contribution in [3.8, 4) is 0 Å². The maximum absolute atomic E-state index is 11.5. The zero-order valence-corrected chi connectivity index (χ0v) is 15.1. The minimum atomic E-state index is -3.19. The zero-order chi connectivity index (χ0) is 17.0. The summed E-state index contributed by atoms with van der Waals surface area (Å²) < 4.78 is 22.9. The van der Waals surface area contributed by atoms with Gasteiger partial charge < -0.3 is 14.9 Å². The van der Waals surface area contributed by atoms with Gasteiger partial charge in [-0.15, -0.1) is 0 Å². The molecule has 1 aromatic rings. The second-order valence-electron chi connectivity index (χ2n) is 6.85. The van der Waals surface area contributed by atoms with Crippen molar-refractivity contribution in [2.45, 2.75) is 23.8 Å². The molecule has 1 N–H and O–H groups in total. The Bertz CT molecular complexity index is 601. The third-order valence-electron chi connectivity index (χ3n) is 4.47. The van der Waals surface area contributed by atoms with Crippen LogP contribution in [0.2, 0.25) is 0 Å². The van der Waals surface area contributed by atoms with Gasteiger partial charge in [-0.05, 0) is 57.1 Å². The number of aliphatic hydroxyl groups excluding tert-OH is 1. The van der Waals surface area contributed by atoms with Gasteiger partial charge in [0.15, 0.2) is 9.84 Å². The molecule has 130 valence electrons. The number of nitrogens with zero attached hydrogens (tertiary/aromatic N) is 2. The average Bonchev–Trinajstić information content (AvgIpc) is 2.46. The number of aliphatic hydroxyl groups is 1. The molecule has 1 heterocycles. The highest BCUT2D eigenvalue weighted by molar-refractivity contribution is 7.90. The quantitative estimate of drug-likeness (QED) is 0.848. The summed E-state index contributed by atoms with van der Waals surface area (Å²) in [6, 6.07) is 6.51. The Hall–Kier alpha value is -0.950. The van der Waals surface area contributed by atoms with Gasteiger partial charge in [-0.25, -0.2) is 8.42 Å². The Morgan fingerprint density at radius 2 is 2.00 bits per heavy atom. The third kappa shape index (κ3) is 5.57. The second kappa shape index (κ2) is 7.75. The molecule has 1 aliphatic heterocycles. The van der Waals surface area contributed by atoms with Gasteiger partial charge in [0.1, 0.15) is 0 Å². The van der Waals surface area contributed by atoms with Gasteiger partial charge in [0.2, 0.25) is 0 Å². The second-order valence-corrected chi connectivity index (χ2v) is 8.86. The standard InChI is InChI=1S/C17H28N2O3S/c1-18-10-4-5-14(11-18)12-19(2)13-17(20)15-6-8-16(9-7-15)23(3,21)22/h6-9,14,17,20H,4-5,10-13H2,1-3H3. The van der Waals surface area contributed by atoms with Crippen molar-refractivity contribution in [1.29, 1.82) is 0 Å². The Morgan fingerprint density at radius 3 is 2.57 bits per heavy atom. The highest BCUT2D eigenvalue weighted by Crippen LogP contribution is 2.20. The highest BCUT2D eigenvalue weighted by atomic mass is 32.2. The third-order valence-corrected chi connectivity index (χ3v) is 5.60. The predicted molar refractivity (Wildman–Crippen MR) is 92.2 cm³/mol. The van der Waals surface area contributed by atoms with Crippen molar-refractivity contribution in [2.24, 2.45) is 5.92 Å². The van der Waals surface area contributed by atoms with Gasteiger partial charge in [-0.1, -0.05) is 12.1 Å². The molecule has 23 heavy (non-hydrogen) atoms. The first-order valence-electron chi connectivity index (χ1n) is 8.11. The lowest BCUT2D eigenvalue weighted by atomic mass is 9.98. The summed E-state index contributed by atoms with van der Waals surface area (Å²) in [4.78, 5) is 4.81. The van der Waals surface area contributed by atoms with E-state index in [-0.39, 0.29) is 4.90 Å². The van der Waals surface area contributed by atoms with E-state index in [2.05, 4.69) is 16.8 Å². The summed E-state index contributed by atoms with van der Waals surface area (Å²) in [7, 11) is 0.998. The van der Waals surface area contributed by atoms with Crippen LogP contribution in [0.3, 0.4) is 0 Å². The number of sulfone groups is 1. The topological polar surface area (TPSA) is 60.9 Å². The van der Waals surface area contributed by atoms with E-state index in [1.807, 2.05) is 7.05 Å². The Kier molecular flexibility index (Phi) is 6.19. The number of hydrogen-bond donors (Lipinski definition) is 1. The number of rotatable bonds is 6. The molecule has 5 nitrogen and oxygen atoms in total. The lowest BCUT2D eigenvalue weighted by molar-refractivity contribution is 0.103. The Morgan fingerprint density at radius 1 is 1.35 bits per heavy atom. The molecule has 1 aromatic carbocycles. The van der Waals surface area contributed by atoms with Gasteiger partial charge >= 0.3 is 0 Å². The number of likely N-dealkylation sites (N-methyl/N-ethyl adjacent to an activating group) is 1. The van der Waals surface area contributed by atoms with Crippen molar-refractivity contribution < 1.29 is 13.5 Å². The molecule has 1 fully saturated rings. The molecule has 2 unspecified atom stereocenters. The molecule has 2 rings (SSSR count). The summed E-state index contributed by atoms with van der Waals surface area (Å²) in [6.45, 7) is 3.82. The van der Waals surface area contributed by atoms with E-state index >= 15 is 0 Å². The molecular weight excluding hydrogens is 312 g/mol. The maximum Gasteiger partial charge on any atom is 0.175 e. The SMILES string of the molecule is CN1CCCC(CN(C)CC(O)c2ccc(S(C)(=O)=O)cc2)C1. The molecule has 0 aromatic heterocycles. The van der Waals surface area contributed by atoms with Crippen molar-refractivity contribution in [2.75, 3.05) is 46.5 Å². The van der Waals surface area contributed by atoms with E-state index in [1.165, 1.54) is 25.6 Å². The van der Waals surface area contributed by atoms with Gasteiger partial charge in [-0.2, -0.15) is 0 Å². The molecule has 2 atom stereocenters. The van der Waals surface area contributed by atoms with E-state index in [9.17, 15) is 13.5 Å². The number of benzene rings is 1. The molecule has 0 radical (unpaired) electrons.